The highest BCUT2D eigenvalue weighted by Gasteiger charge is 2.45. The molecule has 0 unspecified atom stereocenters. The minimum absolute atomic E-state index is 0.176. The molecule has 1 aromatic carbocycles. The summed E-state index contributed by atoms with van der Waals surface area (Å²) in [5.41, 5.74) is 2.72. The van der Waals surface area contributed by atoms with Gasteiger partial charge in [-0.1, -0.05) is 5.16 Å². The van der Waals surface area contributed by atoms with Gasteiger partial charge >= 0.3 is 0 Å². The molecule has 1 saturated carbocycles. The maximum atomic E-state index is 9.98. The first-order chi connectivity index (χ1) is 8.56. The molecule has 96 valence electrons. The predicted octanol–water partition coefficient (Wildman–Crippen LogP) is 2.89. The van der Waals surface area contributed by atoms with Crippen LogP contribution in [0.5, 0.6) is 11.5 Å². The summed E-state index contributed by atoms with van der Waals surface area (Å²) in [6, 6.07) is 1.84. The lowest BCUT2D eigenvalue weighted by Gasteiger charge is -2.45. The molecule has 2 N–H and O–H groups in total. The molecular formula is C14H17NO3. The van der Waals surface area contributed by atoms with Crippen LogP contribution in [0.1, 0.15) is 42.4 Å². The average Bonchev–Trinajstić information content (AvgIpc) is 2.32. The molecule has 3 rings (SSSR count). The number of hydrogen-bond donors (Lipinski definition) is 2. The number of aromatic hydroxyl groups is 1. The van der Waals surface area contributed by atoms with Crippen LogP contribution in [-0.2, 0) is 0 Å². The third-order valence-electron chi connectivity index (χ3n) is 4.19. The standard InChI is InChI=1S/C14H17NO3/c1-8-6-11-12(9(2)13(8)16)10(15-17)7-14(18-11)4-3-5-14/h6,16-17H,3-5,7H2,1-2H3/b15-10+. The van der Waals surface area contributed by atoms with E-state index in [0.717, 1.165) is 41.7 Å². The summed E-state index contributed by atoms with van der Waals surface area (Å²) in [5, 5.41) is 22.6. The fourth-order valence-electron chi connectivity index (χ4n) is 2.97. The van der Waals surface area contributed by atoms with Gasteiger partial charge in [-0.2, -0.15) is 0 Å². The minimum atomic E-state index is -0.176. The summed E-state index contributed by atoms with van der Waals surface area (Å²) < 4.78 is 6.10. The van der Waals surface area contributed by atoms with Crippen LogP contribution in [0, 0.1) is 13.8 Å². The molecule has 0 saturated heterocycles. The maximum absolute atomic E-state index is 9.98. The monoisotopic (exact) mass is 247 g/mol. The van der Waals surface area contributed by atoms with Gasteiger partial charge in [0.25, 0.3) is 0 Å². The number of oxime groups is 1. The van der Waals surface area contributed by atoms with Crippen molar-refractivity contribution in [1.82, 2.24) is 0 Å². The Balaban J connectivity index is 2.18. The molecule has 1 aromatic rings. The van der Waals surface area contributed by atoms with Crippen LogP contribution in [0.15, 0.2) is 11.2 Å². The molecule has 1 aliphatic carbocycles. The van der Waals surface area contributed by atoms with Gasteiger partial charge in [-0.3, -0.25) is 0 Å². The van der Waals surface area contributed by atoms with E-state index in [1.807, 2.05) is 19.9 Å². The van der Waals surface area contributed by atoms with Crippen molar-refractivity contribution in [2.75, 3.05) is 0 Å². The molecule has 1 fully saturated rings. The number of benzene rings is 1. The number of nitrogens with zero attached hydrogens (tertiary/aromatic N) is 1. The Labute approximate surface area is 106 Å². The van der Waals surface area contributed by atoms with Crippen LogP contribution in [0.2, 0.25) is 0 Å². The Hall–Kier alpha value is -1.71. The smallest absolute Gasteiger partial charge is 0.130 e. The van der Waals surface area contributed by atoms with E-state index in [9.17, 15) is 10.3 Å². The highest BCUT2D eigenvalue weighted by Crippen LogP contribution is 2.47. The average molecular weight is 247 g/mol. The maximum Gasteiger partial charge on any atom is 0.130 e. The zero-order chi connectivity index (χ0) is 12.9. The summed E-state index contributed by atoms with van der Waals surface area (Å²) in [4.78, 5) is 0. The van der Waals surface area contributed by atoms with Gasteiger partial charge < -0.3 is 15.1 Å². The van der Waals surface area contributed by atoms with Crippen LogP contribution in [0.3, 0.4) is 0 Å². The molecule has 1 heterocycles. The fourth-order valence-corrected chi connectivity index (χ4v) is 2.97. The lowest BCUT2D eigenvalue weighted by atomic mass is 9.73. The molecule has 0 amide bonds. The van der Waals surface area contributed by atoms with Gasteiger partial charge in [-0.05, 0) is 44.7 Å². The summed E-state index contributed by atoms with van der Waals surface area (Å²) in [6.07, 6.45) is 3.79. The first kappa shape index (κ1) is 11.4. The first-order valence-electron chi connectivity index (χ1n) is 6.30. The van der Waals surface area contributed by atoms with Crippen LogP contribution in [-0.4, -0.2) is 21.6 Å². The topological polar surface area (TPSA) is 62.1 Å². The van der Waals surface area contributed by atoms with Crippen molar-refractivity contribution in [2.45, 2.75) is 45.1 Å². The van der Waals surface area contributed by atoms with E-state index in [-0.39, 0.29) is 11.4 Å². The molecule has 18 heavy (non-hydrogen) atoms. The van der Waals surface area contributed by atoms with Gasteiger partial charge in [0.15, 0.2) is 0 Å². The number of aryl methyl sites for hydroxylation is 1. The van der Waals surface area contributed by atoms with Gasteiger partial charge in [0.2, 0.25) is 0 Å². The summed E-state index contributed by atoms with van der Waals surface area (Å²) in [5.74, 6) is 0.990. The number of ether oxygens (including phenoxy) is 1. The van der Waals surface area contributed by atoms with Crippen LogP contribution < -0.4 is 4.74 Å². The first-order valence-corrected chi connectivity index (χ1v) is 6.30. The van der Waals surface area contributed by atoms with Gasteiger partial charge in [0.05, 0.1) is 5.71 Å². The Bertz CT molecular complexity index is 544. The quantitative estimate of drug-likeness (QED) is 0.547. The van der Waals surface area contributed by atoms with E-state index in [2.05, 4.69) is 5.16 Å². The summed E-state index contributed by atoms with van der Waals surface area (Å²) >= 11 is 0. The second-order valence-corrected chi connectivity index (χ2v) is 5.40. The molecule has 0 radical (unpaired) electrons. The fraction of sp³-hybridized carbons (Fsp3) is 0.500. The van der Waals surface area contributed by atoms with E-state index < -0.39 is 0 Å². The predicted molar refractivity (Wildman–Crippen MR) is 67.7 cm³/mol. The third kappa shape index (κ3) is 1.41. The van der Waals surface area contributed by atoms with E-state index in [1.54, 1.807) is 0 Å². The second-order valence-electron chi connectivity index (χ2n) is 5.40. The SMILES string of the molecule is Cc1cc2c(c(C)c1O)/C(=N/O)CC1(CCC1)O2. The van der Waals surface area contributed by atoms with Crippen molar-refractivity contribution in [3.8, 4) is 11.5 Å². The largest absolute Gasteiger partial charge is 0.507 e. The number of hydrogen-bond acceptors (Lipinski definition) is 4. The molecule has 0 bridgehead atoms. The highest BCUT2D eigenvalue weighted by molar-refractivity contribution is 6.06. The zero-order valence-electron chi connectivity index (χ0n) is 10.7. The Kier molecular flexibility index (Phi) is 2.30. The zero-order valence-corrected chi connectivity index (χ0v) is 10.7. The van der Waals surface area contributed by atoms with Gasteiger partial charge in [0, 0.05) is 17.5 Å². The molecule has 4 heteroatoms. The number of phenols is 1. The van der Waals surface area contributed by atoms with Crippen molar-refractivity contribution in [2.24, 2.45) is 5.16 Å². The highest BCUT2D eigenvalue weighted by atomic mass is 16.5. The van der Waals surface area contributed by atoms with Crippen molar-refractivity contribution in [3.63, 3.8) is 0 Å². The lowest BCUT2D eigenvalue weighted by Crippen LogP contribution is -2.48. The molecular weight excluding hydrogens is 230 g/mol. The Morgan fingerprint density at radius 3 is 2.61 bits per heavy atom. The molecule has 1 spiro atoms. The molecule has 0 atom stereocenters. The van der Waals surface area contributed by atoms with Crippen molar-refractivity contribution in [3.05, 3.63) is 22.8 Å². The third-order valence-corrected chi connectivity index (χ3v) is 4.19. The second kappa shape index (κ2) is 3.64. The van der Waals surface area contributed by atoms with Crippen LogP contribution in [0.4, 0.5) is 0 Å². The van der Waals surface area contributed by atoms with Crippen molar-refractivity contribution >= 4 is 5.71 Å². The normalized spacial score (nSPS) is 22.4. The number of phenolic OH excluding ortho intramolecular Hbond substituents is 1. The number of fused-ring (bicyclic) bond motifs is 1. The Morgan fingerprint density at radius 1 is 1.33 bits per heavy atom. The van der Waals surface area contributed by atoms with Crippen LogP contribution in [0.25, 0.3) is 0 Å². The van der Waals surface area contributed by atoms with E-state index >= 15 is 0 Å². The van der Waals surface area contributed by atoms with Crippen LogP contribution >= 0.6 is 0 Å². The van der Waals surface area contributed by atoms with Gasteiger partial charge in [-0.25, -0.2) is 0 Å². The number of rotatable bonds is 0. The van der Waals surface area contributed by atoms with E-state index in [4.69, 9.17) is 4.74 Å². The lowest BCUT2D eigenvalue weighted by molar-refractivity contribution is -0.00563. The molecule has 4 nitrogen and oxygen atoms in total. The Morgan fingerprint density at radius 2 is 2.06 bits per heavy atom. The molecule has 2 aliphatic rings. The molecule has 1 aliphatic heterocycles. The van der Waals surface area contributed by atoms with Gasteiger partial charge in [-0.15, -0.1) is 0 Å². The van der Waals surface area contributed by atoms with E-state index in [1.165, 1.54) is 0 Å². The summed E-state index contributed by atoms with van der Waals surface area (Å²) in [6.45, 7) is 3.68. The van der Waals surface area contributed by atoms with Crippen molar-refractivity contribution < 1.29 is 15.1 Å². The van der Waals surface area contributed by atoms with Crippen molar-refractivity contribution in [1.29, 1.82) is 0 Å². The van der Waals surface area contributed by atoms with E-state index in [0.29, 0.717) is 12.1 Å². The summed E-state index contributed by atoms with van der Waals surface area (Å²) in [7, 11) is 0. The molecule has 0 aromatic heterocycles. The minimum Gasteiger partial charge on any atom is -0.507 e. The van der Waals surface area contributed by atoms with Gasteiger partial charge in [0.1, 0.15) is 17.1 Å².